The molecule has 2 nitrogen and oxygen atoms in total. The lowest BCUT2D eigenvalue weighted by Gasteiger charge is -2.21. The molecule has 0 saturated heterocycles. The van der Waals surface area contributed by atoms with Gasteiger partial charge in [-0.25, -0.2) is 0 Å². The third-order valence-electron chi connectivity index (χ3n) is 3.17. The Morgan fingerprint density at radius 2 is 1.86 bits per heavy atom. The molecular weight excluding hydrogens is 174 g/mol. The Morgan fingerprint density at radius 3 is 2.43 bits per heavy atom. The van der Waals surface area contributed by atoms with Gasteiger partial charge in [-0.2, -0.15) is 0 Å². The standard InChI is InChI=1S/C12H25NO/c1-11(7-6-10-14)13-12-8-4-2-3-5-9-12/h11-14H,2-10H2,1H3/t11-/m0/s1. The van der Waals surface area contributed by atoms with Gasteiger partial charge in [0.15, 0.2) is 0 Å². The number of rotatable bonds is 5. The summed E-state index contributed by atoms with van der Waals surface area (Å²) in [6.45, 7) is 2.57. The summed E-state index contributed by atoms with van der Waals surface area (Å²) in [7, 11) is 0. The van der Waals surface area contributed by atoms with Crippen molar-refractivity contribution >= 4 is 0 Å². The Morgan fingerprint density at radius 1 is 1.21 bits per heavy atom. The second kappa shape index (κ2) is 7.24. The van der Waals surface area contributed by atoms with E-state index in [1.165, 1.54) is 38.5 Å². The SMILES string of the molecule is C[C@@H](CCCO)NC1CCCCCC1. The molecule has 1 aliphatic rings. The summed E-state index contributed by atoms with van der Waals surface area (Å²) < 4.78 is 0. The summed E-state index contributed by atoms with van der Waals surface area (Å²) in [6, 6.07) is 1.32. The summed E-state index contributed by atoms with van der Waals surface area (Å²) >= 11 is 0. The van der Waals surface area contributed by atoms with Crippen LogP contribution in [0.1, 0.15) is 58.3 Å². The molecule has 1 saturated carbocycles. The van der Waals surface area contributed by atoms with E-state index in [1.807, 2.05) is 0 Å². The van der Waals surface area contributed by atoms with Crippen molar-refractivity contribution in [1.29, 1.82) is 0 Å². The summed E-state index contributed by atoms with van der Waals surface area (Å²) in [5, 5.41) is 12.4. The van der Waals surface area contributed by atoms with Crippen molar-refractivity contribution in [2.75, 3.05) is 6.61 Å². The van der Waals surface area contributed by atoms with Gasteiger partial charge in [0.2, 0.25) is 0 Å². The molecule has 1 atom stereocenters. The third kappa shape index (κ3) is 4.97. The van der Waals surface area contributed by atoms with Gasteiger partial charge in [-0.3, -0.25) is 0 Å². The van der Waals surface area contributed by atoms with Gasteiger partial charge < -0.3 is 10.4 Å². The van der Waals surface area contributed by atoms with E-state index in [-0.39, 0.29) is 0 Å². The first-order valence-electron chi connectivity index (χ1n) is 6.20. The molecule has 84 valence electrons. The maximum Gasteiger partial charge on any atom is 0.0431 e. The van der Waals surface area contributed by atoms with E-state index < -0.39 is 0 Å². The maximum absolute atomic E-state index is 8.74. The van der Waals surface area contributed by atoms with Crippen LogP contribution >= 0.6 is 0 Å². The maximum atomic E-state index is 8.74. The molecule has 1 aliphatic carbocycles. The zero-order chi connectivity index (χ0) is 10.2. The van der Waals surface area contributed by atoms with Crippen molar-refractivity contribution < 1.29 is 5.11 Å². The van der Waals surface area contributed by atoms with Gasteiger partial charge in [0, 0.05) is 18.7 Å². The molecule has 0 spiro atoms. The van der Waals surface area contributed by atoms with Crippen LogP contribution in [0.15, 0.2) is 0 Å². The quantitative estimate of drug-likeness (QED) is 0.667. The molecule has 0 amide bonds. The minimum absolute atomic E-state index is 0.330. The van der Waals surface area contributed by atoms with E-state index in [1.54, 1.807) is 0 Å². The minimum atomic E-state index is 0.330. The van der Waals surface area contributed by atoms with Crippen LogP contribution in [0.3, 0.4) is 0 Å². The Labute approximate surface area is 88.1 Å². The predicted molar refractivity (Wildman–Crippen MR) is 60.4 cm³/mol. The molecule has 0 radical (unpaired) electrons. The van der Waals surface area contributed by atoms with E-state index in [0.717, 1.165) is 18.9 Å². The highest BCUT2D eigenvalue weighted by molar-refractivity contribution is 4.74. The molecule has 1 rings (SSSR count). The Hall–Kier alpha value is -0.0800. The van der Waals surface area contributed by atoms with Crippen LogP contribution in [0.2, 0.25) is 0 Å². The molecule has 0 bridgehead atoms. The molecule has 0 aromatic rings. The van der Waals surface area contributed by atoms with Crippen molar-refractivity contribution in [1.82, 2.24) is 5.32 Å². The van der Waals surface area contributed by atoms with Crippen LogP contribution in [-0.2, 0) is 0 Å². The van der Waals surface area contributed by atoms with Gasteiger partial charge in [0.1, 0.15) is 0 Å². The monoisotopic (exact) mass is 199 g/mol. The van der Waals surface area contributed by atoms with Crippen LogP contribution in [0.4, 0.5) is 0 Å². The third-order valence-corrected chi connectivity index (χ3v) is 3.17. The normalized spacial score (nSPS) is 21.9. The largest absolute Gasteiger partial charge is 0.396 e. The van der Waals surface area contributed by atoms with Crippen molar-refractivity contribution in [3.8, 4) is 0 Å². The molecule has 1 fully saturated rings. The fraction of sp³-hybridized carbons (Fsp3) is 1.00. The molecule has 0 unspecified atom stereocenters. The molecule has 0 aromatic carbocycles. The van der Waals surface area contributed by atoms with E-state index in [0.29, 0.717) is 12.6 Å². The number of aliphatic hydroxyl groups excluding tert-OH is 1. The molecule has 2 heteroatoms. The lowest BCUT2D eigenvalue weighted by atomic mass is 10.1. The highest BCUT2D eigenvalue weighted by atomic mass is 16.2. The van der Waals surface area contributed by atoms with Gasteiger partial charge in [0.25, 0.3) is 0 Å². The average Bonchev–Trinajstić information content (AvgIpc) is 2.43. The van der Waals surface area contributed by atoms with Crippen molar-refractivity contribution in [3.63, 3.8) is 0 Å². The first-order chi connectivity index (χ1) is 6.83. The highest BCUT2D eigenvalue weighted by Gasteiger charge is 2.13. The van der Waals surface area contributed by atoms with Gasteiger partial charge in [0.05, 0.1) is 0 Å². The smallest absolute Gasteiger partial charge is 0.0431 e. The Kier molecular flexibility index (Phi) is 6.20. The van der Waals surface area contributed by atoms with Gasteiger partial charge in [-0.1, -0.05) is 25.7 Å². The summed E-state index contributed by atoms with van der Waals surface area (Å²) in [6.07, 6.45) is 10.4. The fourth-order valence-electron chi connectivity index (χ4n) is 2.33. The highest BCUT2D eigenvalue weighted by Crippen LogP contribution is 2.17. The summed E-state index contributed by atoms with van der Waals surface area (Å²) in [5.41, 5.74) is 0. The summed E-state index contributed by atoms with van der Waals surface area (Å²) in [5.74, 6) is 0. The van der Waals surface area contributed by atoms with E-state index in [2.05, 4.69) is 12.2 Å². The first kappa shape index (κ1) is 12.0. The van der Waals surface area contributed by atoms with Crippen LogP contribution < -0.4 is 5.32 Å². The van der Waals surface area contributed by atoms with Gasteiger partial charge in [-0.15, -0.1) is 0 Å². The van der Waals surface area contributed by atoms with Gasteiger partial charge in [-0.05, 0) is 32.6 Å². The molecule has 0 aliphatic heterocycles. The minimum Gasteiger partial charge on any atom is -0.396 e. The van der Waals surface area contributed by atoms with Crippen LogP contribution in [0.25, 0.3) is 0 Å². The lowest BCUT2D eigenvalue weighted by Crippen LogP contribution is -2.36. The molecular formula is C12H25NO. The number of nitrogens with one attached hydrogen (secondary N) is 1. The second-order valence-electron chi connectivity index (χ2n) is 4.62. The van der Waals surface area contributed by atoms with E-state index in [9.17, 15) is 0 Å². The molecule has 0 aromatic heterocycles. The predicted octanol–water partition coefficient (Wildman–Crippen LogP) is 2.46. The van der Waals surface area contributed by atoms with Crippen molar-refractivity contribution in [2.45, 2.75) is 70.4 Å². The van der Waals surface area contributed by atoms with Gasteiger partial charge >= 0.3 is 0 Å². The van der Waals surface area contributed by atoms with E-state index >= 15 is 0 Å². The topological polar surface area (TPSA) is 32.3 Å². The van der Waals surface area contributed by atoms with E-state index in [4.69, 9.17) is 5.11 Å². The summed E-state index contributed by atoms with van der Waals surface area (Å²) in [4.78, 5) is 0. The fourth-order valence-corrected chi connectivity index (χ4v) is 2.33. The zero-order valence-electron chi connectivity index (χ0n) is 9.47. The van der Waals surface area contributed by atoms with Crippen molar-refractivity contribution in [3.05, 3.63) is 0 Å². The first-order valence-corrected chi connectivity index (χ1v) is 6.20. The van der Waals surface area contributed by atoms with Crippen LogP contribution in [0.5, 0.6) is 0 Å². The second-order valence-corrected chi connectivity index (χ2v) is 4.62. The molecule has 0 heterocycles. The van der Waals surface area contributed by atoms with Crippen molar-refractivity contribution in [2.24, 2.45) is 0 Å². The van der Waals surface area contributed by atoms with Crippen LogP contribution in [0, 0.1) is 0 Å². The Balaban J connectivity index is 2.13. The number of hydrogen-bond acceptors (Lipinski definition) is 2. The van der Waals surface area contributed by atoms with Crippen LogP contribution in [-0.4, -0.2) is 23.8 Å². The Bertz CT molecular complexity index is 130. The number of hydrogen-bond donors (Lipinski definition) is 2. The molecule has 2 N–H and O–H groups in total. The average molecular weight is 199 g/mol. The number of aliphatic hydroxyl groups is 1. The molecule has 14 heavy (non-hydrogen) atoms. The lowest BCUT2D eigenvalue weighted by molar-refractivity contribution is 0.272. The zero-order valence-corrected chi connectivity index (χ0v) is 9.47.